The van der Waals surface area contributed by atoms with E-state index in [0.29, 0.717) is 16.9 Å². The lowest BCUT2D eigenvalue weighted by molar-refractivity contribution is 0.630. The first-order valence-electron chi connectivity index (χ1n) is 5.89. The molecule has 0 radical (unpaired) electrons. The van der Waals surface area contributed by atoms with Crippen LogP contribution < -0.4 is 0 Å². The van der Waals surface area contributed by atoms with E-state index in [-0.39, 0.29) is 10.9 Å². The van der Waals surface area contributed by atoms with Gasteiger partial charge in [-0.25, -0.2) is 9.37 Å². The van der Waals surface area contributed by atoms with E-state index in [2.05, 4.69) is 36.8 Å². The molecule has 1 heterocycles. The molecule has 0 saturated carbocycles. The third kappa shape index (κ3) is 2.72. The fourth-order valence-electron chi connectivity index (χ4n) is 2.14. The van der Waals surface area contributed by atoms with Crippen molar-refractivity contribution in [2.24, 2.45) is 0 Å². The molecular formula is C14H7Br2Cl2FN2. The zero-order valence-corrected chi connectivity index (χ0v) is 15.1. The molecule has 0 spiro atoms. The highest BCUT2D eigenvalue weighted by atomic mass is 79.9. The van der Waals surface area contributed by atoms with Gasteiger partial charge in [-0.1, -0.05) is 27.5 Å². The minimum atomic E-state index is -0.496. The van der Waals surface area contributed by atoms with Gasteiger partial charge in [0.1, 0.15) is 11.6 Å². The van der Waals surface area contributed by atoms with E-state index in [9.17, 15) is 4.39 Å². The van der Waals surface area contributed by atoms with Crippen LogP contribution in [0.3, 0.4) is 0 Å². The summed E-state index contributed by atoms with van der Waals surface area (Å²) in [6, 6.07) is 8.63. The van der Waals surface area contributed by atoms with Crippen molar-refractivity contribution in [3.8, 4) is 5.69 Å². The van der Waals surface area contributed by atoms with E-state index >= 15 is 0 Å². The summed E-state index contributed by atoms with van der Waals surface area (Å²) < 4.78 is 17.3. The van der Waals surface area contributed by atoms with Crippen molar-refractivity contribution in [2.75, 3.05) is 0 Å². The molecule has 0 bridgehead atoms. The highest BCUT2D eigenvalue weighted by Gasteiger charge is 2.16. The monoisotopic (exact) mass is 450 g/mol. The number of benzene rings is 2. The van der Waals surface area contributed by atoms with Gasteiger partial charge in [0, 0.05) is 15.0 Å². The molecule has 0 saturated heterocycles. The molecule has 0 aliphatic carbocycles. The van der Waals surface area contributed by atoms with Crippen molar-refractivity contribution in [2.45, 2.75) is 5.88 Å². The molecule has 2 nitrogen and oxygen atoms in total. The Morgan fingerprint density at radius 2 is 1.95 bits per heavy atom. The van der Waals surface area contributed by atoms with E-state index in [1.165, 1.54) is 6.07 Å². The fourth-order valence-corrected chi connectivity index (χ4v) is 3.71. The molecule has 0 amide bonds. The Balaban J connectivity index is 2.37. The number of alkyl halides is 1. The van der Waals surface area contributed by atoms with E-state index in [1.807, 2.05) is 22.8 Å². The highest BCUT2D eigenvalue weighted by molar-refractivity contribution is 9.11. The second-order valence-electron chi connectivity index (χ2n) is 4.35. The molecule has 0 fully saturated rings. The predicted octanol–water partition coefficient (Wildman–Crippen LogP) is 6.08. The Hall–Kier alpha value is -0.620. The Labute approximate surface area is 147 Å². The second kappa shape index (κ2) is 5.88. The molecule has 3 aromatic rings. The van der Waals surface area contributed by atoms with E-state index in [0.717, 1.165) is 14.6 Å². The van der Waals surface area contributed by atoms with E-state index in [4.69, 9.17) is 23.2 Å². The maximum absolute atomic E-state index is 13.6. The highest BCUT2D eigenvalue weighted by Crippen LogP contribution is 2.32. The first-order valence-corrected chi connectivity index (χ1v) is 8.39. The molecule has 0 unspecified atom stereocenters. The summed E-state index contributed by atoms with van der Waals surface area (Å²) >= 11 is 18.8. The molecule has 0 aliphatic heterocycles. The van der Waals surface area contributed by atoms with Crippen LogP contribution in [-0.4, -0.2) is 9.55 Å². The molecule has 3 rings (SSSR count). The van der Waals surface area contributed by atoms with Gasteiger partial charge >= 0.3 is 0 Å². The van der Waals surface area contributed by atoms with Gasteiger partial charge in [0.25, 0.3) is 0 Å². The molecule has 1 aromatic heterocycles. The van der Waals surface area contributed by atoms with Crippen LogP contribution in [0.2, 0.25) is 5.02 Å². The third-order valence-corrected chi connectivity index (χ3v) is 4.69. The molecule has 2 aromatic carbocycles. The van der Waals surface area contributed by atoms with Gasteiger partial charge < -0.3 is 0 Å². The molecular weight excluding hydrogens is 446 g/mol. The number of imidazole rings is 1. The minimum Gasteiger partial charge on any atom is -0.294 e. The summed E-state index contributed by atoms with van der Waals surface area (Å²) in [7, 11) is 0. The van der Waals surface area contributed by atoms with Gasteiger partial charge in [0.05, 0.1) is 27.6 Å². The van der Waals surface area contributed by atoms with Gasteiger partial charge in [-0.15, -0.1) is 11.6 Å². The lowest BCUT2D eigenvalue weighted by atomic mass is 10.2. The zero-order valence-electron chi connectivity index (χ0n) is 10.4. The second-order valence-corrected chi connectivity index (χ2v) is 6.79. The summed E-state index contributed by atoms with van der Waals surface area (Å²) in [4.78, 5) is 4.37. The number of fused-ring (bicyclic) bond motifs is 1. The topological polar surface area (TPSA) is 17.8 Å². The molecule has 7 heteroatoms. The Bertz CT molecular complexity index is 849. The quantitative estimate of drug-likeness (QED) is 0.431. The number of nitrogens with zero attached hydrogens (tertiary/aromatic N) is 2. The largest absolute Gasteiger partial charge is 0.294 e. The van der Waals surface area contributed by atoms with Crippen LogP contribution >= 0.6 is 55.1 Å². The SMILES string of the molecule is Fc1cc2nc(CCl)n(-c3ccc(Br)cc3Br)c2cc1Cl. The molecule has 21 heavy (non-hydrogen) atoms. The van der Waals surface area contributed by atoms with Gasteiger partial charge in [0.15, 0.2) is 0 Å². The average molecular weight is 453 g/mol. The summed E-state index contributed by atoms with van der Waals surface area (Å²) in [5.41, 5.74) is 2.08. The van der Waals surface area contributed by atoms with Crippen molar-refractivity contribution < 1.29 is 4.39 Å². The van der Waals surface area contributed by atoms with E-state index in [1.54, 1.807) is 6.07 Å². The Kier molecular flexibility index (Phi) is 4.28. The maximum Gasteiger partial charge on any atom is 0.144 e. The third-order valence-electron chi connectivity index (χ3n) is 3.04. The predicted molar refractivity (Wildman–Crippen MR) is 91.0 cm³/mol. The van der Waals surface area contributed by atoms with Gasteiger partial charge in [-0.2, -0.15) is 0 Å². The van der Waals surface area contributed by atoms with Crippen LogP contribution in [-0.2, 0) is 5.88 Å². The fraction of sp³-hybridized carbons (Fsp3) is 0.0714. The smallest absolute Gasteiger partial charge is 0.144 e. The van der Waals surface area contributed by atoms with Crippen LogP contribution in [0, 0.1) is 5.82 Å². The van der Waals surface area contributed by atoms with Gasteiger partial charge in [-0.3, -0.25) is 4.57 Å². The van der Waals surface area contributed by atoms with Crippen LogP contribution in [0.25, 0.3) is 16.7 Å². The summed E-state index contributed by atoms with van der Waals surface area (Å²) in [5, 5.41) is 0.0537. The average Bonchev–Trinajstić information content (AvgIpc) is 2.77. The van der Waals surface area contributed by atoms with Crippen LogP contribution in [0.1, 0.15) is 5.82 Å². The summed E-state index contributed by atoms with van der Waals surface area (Å²) in [6.45, 7) is 0. The summed E-state index contributed by atoms with van der Waals surface area (Å²) in [6.07, 6.45) is 0. The number of halogens is 5. The van der Waals surface area contributed by atoms with Crippen molar-refractivity contribution in [3.05, 3.63) is 55.9 Å². The number of rotatable bonds is 2. The normalized spacial score (nSPS) is 11.3. The lowest BCUT2D eigenvalue weighted by Gasteiger charge is -2.10. The Morgan fingerprint density at radius 3 is 2.62 bits per heavy atom. The van der Waals surface area contributed by atoms with Crippen molar-refractivity contribution >= 4 is 66.1 Å². The van der Waals surface area contributed by atoms with Crippen LogP contribution in [0.4, 0.5) is 4.39 Å². The first kappa shape index (κ1) is 15.3. The van der Waals surface area contributed by atoms with Crippen LogP contribution in [0.15, 0.2) is 39.3 Å². The number of hydrogen-bond acceptors (Lipinski definition) is 1. The zero-order chi connectivity index (χ0) is 15.1. The minimum absolute atomic E-state index is 0.0537. The summed E-state index contributed by atoms with van der Waals surface area (Å²) in [5.74, 6) is 0.331. The van der Waals surface area contributed by atoms with Crippen molar-refractivity contribution in [1.29, 1.82) is 0 Å². The molecule has 0 N–H and O–H groups in total. The van der Waals surface area contributed by atoms with E-state index < -0.39 is 5.82 Å². The van der Waals surface area contributed by atoms with Crippen LogP contribution in [0.5, 0.6) is 0 Å². The lowest BCUT2D eigenvalue weighted by Crippen LogP contribution is -2.00. The standard InChI is InChI=1S/C14H7Br2Cl2FN2/c15-7-1-2-12(8(16)3-7)21-13-4-9(18)10(19)5-11(13)20-14(21)6-17/h1-5H,6H2. The van der Waals surface area contributed by atoms with Crippen molar-refractivity contribution in [3.63, 3.8) is 0 Å². The van der Waals surface area contributed by atoms with Gasteiger partial charge in [-0.05, 0) is 40.2 Å². The maximum atomic E-state index is 13.6. The van der Waals surface area contributed by atoms with Gasteiger partial charge in [0.2, 0.25) is 0 Å². The number of hydrogen-bond donors (Lipinski definition) is 0. The first-order chi connectivity index (χ1) is 10.0. The molecule has 0 atom stereocenters. The molecule has 0 aliphatic rings. The van der Waals surface area contributed by atoms with Crippen molar-refractivity contribution in [1.82, 2.24) is 9.55 Å². The number of aromatic nitrogens is 2. The molecule has 108 valence electrons. The Morgan fingerprint density at radius 1 is 1.19 bits per heavy atom.